The van der Waals surface area contributed by atoms with Gasteiger partial charge in [0.05, 0.1) is 16.7 Å². The molecule has 1 N–H and O–H groups in total. The fraction of sp³-hybridized carbons (Fsp3) is 0.273. The summed E-state index contributed by atoms with van der Waals surface area (Å²) in [6.07, 6.45) is 1.80. The van der Waals surface area contributed by atoms with Gasteiger partial charge in [0.1, 0.15) is 0 Å². The second kappa shape index (κ2) is 3.25. The van der Waals surface area contributed by atoms with E-state index in [4.69, 9.17) is 0 Å². The highest BCUT2D eigenvalue weighted by Crippen LogP contribution is 2.21. The molecule has 2 aromatic rings. The van der Waals surface area contributed by atoms with Crippen molar-refractivity contribution in [2.45, 2.75) is 13.8 Å². The highest BCUT2D eigenvalue weighted by atomic mass is 14.8. The maximum absolute atomic E-state index is 4.42. The zero-order chi connectivity index (χ0) is 10.1. The summed E-state index contributed by atoms with van der Waals surface area (Å²) in [5.74, 6) is 0. The van der Waals surface area contributed by atoms with Crippen LogP contribution in [0.1, 0.15) is 11.3 Å². The minimum atomic E-state index is 0.953. The average Bonchev–Trinajstić information content (AvgIpc) is 2.18. The van der Waals surface area contributed by atoms with Crippen LogP contribution in [0.5, 0.6) is 0 Å². The molecule has 0 aliphatic rings. The Bertz CT molecular complexity index is 477. The molecule has 1 aromatic carbocycles. The molecule has 0 amide bonds. The highest BCUT2D eigenvalue weighted by Gasteiger charge is 2.03. The Balaban J connectivity index is 2.77. The van der Waals surface area contributed by atoms with Crippen molar-refractivity contribution in [2.75, 3.05) is 12.4 Å². The lowest BCUT2D eigenvalue weighted by Crippen LogP contribution is -1.95. The van der Waals surface area contributed by atoms with E-state index in [1.54, 1.807) is 6.20 Å². The Morgan fingerprint density at radius 1 is 1.21 bits per heavy atom. The Kier molecular flexibility index (Phi) is 2.08. The zero-order valence-corrected chi connectivity index (χ0v) is 8.63. The predicted molar refractivity (Wildman–Crippen MR) is 58.6 cm³/mol. The summed E-state index contributed by atoms with van der Waals surface area (Å²) in [4.78, 5) is 8.81. The average molecular weight is 187 g/mol. The van der Waals surface area contributed by atoms with E-state index in [1.165, 1.54) is 0 Å². The molecule has 0 aliphatic carbocycles. The lowest BCUT2D eigenvalue weighted by Gasteiger charge is -2.07. The molecule has 3 nitrogen and oxygen atoms in total. The molecule has 0 aliphatic heterocycles. The van der Waals surface area contributed by atoms with Crippen molar-refractivity contribution in [2.24, 2.45) is 0 Å². The molecule has 0 unspecified atom stereocenters. The molecule has 14 heavy (non-hydrogen) atoms. The van der Waals surface area contributed by atoms with Crippen LogP contribution in [-0.2, 0) is 0 Å². The number of benzene rings is 1. The van der Waals surface area contributed by atoms with Crippen molar-refractivity contribution in [3.05, 3.63) is 29.6 Å². The number of anilines is 1. The summed E-state index contributed by atoms with van der Waals surface area (Å²) in [5, 5.41) is 3.13. The molecule has 2 rings (SSSR count). The minimum Gasteiger partial charge on any atom is -0.388 e. The van der Waals surface area contributed by atoms with Crippen LogP contribution < -0.4 is 5.32 Å². The number of fused-ring (bicyclic) bond motifs is 1. The third kappa shape index (κ3) is 1.31. The first kappa shape index (κ1) is 8.94. The Morgan fingerprint density at radius 3 is 2.71 bits per heavy atom. The number of aromatic nitrogens is 2. The lowest BCUT2D eigenvalue weighted by molar-refractivity contribution is 1.18. The van der Waals surface area contributed by atoms with Gasteiger partial charge in [-0.25, -0.2) is 4.98 Å². The monoisotopic (exact) mass is 187 g/mol. The van der Waals surface area contributed by atoms with E-state index < -0.39 is 0 Å². The summed E-state index contributed by atoms with van der Waals surface area (Å²) in [5.41, 5.74) is 5.14. The molecular weight excluding hydrogens is 174 g/mol. The van der Waals surface area contributed by atoms with Gasteiger partial charge in [-0.15, -0.1) is 0 Å². The molecule has 0 spiro atoms. The molecular formula is C11H13N3. The van der Waals surface area contributed by atoms with Crippen molar-refractivity contribution in [3.8, 4) is 0 Å². The van der Waals surface area contributed by atoms with Crippen molar-refractivity contribution in [3.63, 3.8) is 0 Å². The standard InChI is InChI=1S/C11H13N3/c1-7-6-13-11-8(2)9(12-3)4-5-10(11)14-7/h4-6,12H,1-3H3. The number of hydrogen-bond acceptors (Lipinski definition) is 3. The van der Waals surface area contributed by atoms with Gasteiger partial charge < -0.3 is 5.32 Å². The second-order valence-electron chi connectivity index (χ2n) is 3.37. The van der Waals surface area contributed by atoms with E-state index in [0.29, 0.717) is 0 Å². The topological polar surface area (TPSA) is 37.8 Å². The smallest absolute Gasteiger partial charge is 0.0936 e. The van der Waals surface area contributed by atoms with Crippen LogP contribution in [0.3, 0.4) is 0 Å². The van der Waals surface area contributed by atoms with Gasteiger partial charge in [-0.1, -0.05) is 0 Å². The maximum Gasteiger partial charge on any atom is 0.0936 e. The number of rotatable bonds is 1. The van der Waals surface area contributed by atoms with Crippen molar-refractivity contribution in [1.82, 2.24) is 9.97 Å². The number of hydrogen-bond donors (Lipinski definition) is 1. The molecule has 0 atom stereocenters. The first-order chi connectivity index (χ1) is 6.72. The molecule has 0 radical (unpaired) electrons. The summed E-state index contributed by atoms with van der Waals surface area (Å²) in [6, 6.07) is 4.03. The van der Waals surface area contributed by atoms with Crippen molar-refractivity contribution in [1.29, 1.82) is 0 Å². The van der Waals surface area contributed by atoms with Gasteiger partial charge in [0.15, 0.2) is 0 Å². The fourth-order valence-electron chi connectivity index (χ4n) is 1.59. The van der Waals surface area contributed by atoms with Crippen LogP contribution in [0, 0.1) is 13.8 Å². The van der Waals surface area contributed by atoms with E-state index in [1.807, 2.05) is 26.1 Å². The van der Waals surface area contributed by atoms with Gasteiger partial charge in [-0.05, 0) is 31.5 Å². The van der Waals surface area contributed by atoms with Crippen LogP contribution in [0.2, 0.25) is 0 Å². The number of nitrogens with zero attached hydrogens (tertiary/aromatic N) is 2. The van der Waals surface area contributed by atoms with Crippen LogP contribution in [-0.4, -0.2) is 17.0 Å². The van der Waals surface area contributed by atoms with Gasteiger partial charge in [-0.3, -0.25) is 4.98 Å². The van der Waals surface area contributed by atoms with Gasteiger partial charge in [-0.2, -0.15) is 0 Å². The van der Waals surface area contributed by atoms with E-state index in [0.717, 1.165) is 28.0 Å². The SMILES string of the molecule is CNc1ccc2nc(C)cnc2c1C. The van der Waals surface area contributed by atoms with Crippen molar-refractivity contribution >= 4 is 16.7 Å². The summed E-state index contributed by atoms with van der Waals surface area (Å²) in [7, 11) is 1.91. The summed E-state index contributed by atoms with van der Waals surface area (Å²) >= 11 is 0. The van der Waals surface area contributed by atoms with Gasteiger partial charge in [0, 0.05) is 18.9 Å². The van der Waals surface area contributed by atoms with Crippen LogP contribution in [0.25, 0.3) is 11.0 Å². The zero-order valence-electron chi connectivity index (χ0n) is 8.63. The van der Waals surface area contributed by atoms with E-state index >= 15 is 0 Å². The van der Waals surface area contributed by atoms with Crippen LogP contribution in [0.15, 0.2) is 18.3 Å². The fourth-order valence-corrected chi connectivity index (χ4v) is 1.59. The number of nitrogens with one attached hydrogen (secondary N) is 1. The van der Waals surface area contributed by atoms with Crippen LogP contribution >= 0.6 is 0 Å². The van der Waals surface area contributed by atoms with Gasteiger partial charge >= 0.3 is 0 Å². The van der Waals surface area contributed by atoms with Gasteiger partial charge in [0.2, 0.25) is 0 Å². The molecule has 72 valence electrons. The minimum absolute atomic E-state index is 0.953. The molecule has 0 saturated heterocycles. The number of aryl methyl sites for hydroxylation is 2. The van der Waals surface area contributed by atoms with E-state index in [9.17, 15) is 0 Å². The Morgan fingerprint density at radius 2 is 2.00 bits per heavy atom. The molecule has 0 bridgehead atoms. The molecule has 3 heteroatoms. The predicted octanol–water partition coefficient (Wildman–Crippen LogP) is 2.29. The summed E-state index contributed by atoms with van der Waals surface area (Å²) in [6.45, 7) is 4.01. The molecule has 0 saturated carbocycles. The quantitative estimate of drug-likeness (QED) is 0.744. The largest absolute Gasteiger partial charge is 0.388 e. The molecule has 0 fully saturated rings. The molecule has 1 aromatic heterocycles. The third-order valence-corrected chi connectivity index (χ3v) is 2.36. The second-order valence-corrected chi connectivity index (χ2v) is 3.37. The third-order valence-electron chi connectivity index (χ3n) is 2.36. The van der Waals surface area contributed by atoms with E-state index in [-0.39, 0.29) is 0 Å². The Hall–Kier alpha value is -1.64. The van der Waals surface area contributed by atoms with Gasteiger partial charge in [0.25, 0.3) is 0 Å². The van der Waals surface area contributed by atoms with Crippen molar-refractivity contribution < 1.29 is 0 Å². The maximum atomic E-state index is 4.42. The first-order valence-electron chi connectivity index (χ1n) is 4.63. The summed E-state index contributed by atoms with van der Waals surface area (Å²) < 4.78 is 0. The highest BCUT2D eigenvalue weighted by molar-refractivity contribution is 5.83. The van der Waals surface area contributed by atoms with E-state index in [2.05, 4.69) is 22.2 Å². The Labute approximate surface area is 83.2 Å². The van der Waals surface area contributed by atoms with Crippen LogP contribution in [0.4, 0.5) is 5.69 Å². The normalized spacial score (nSPS) is 10.5. The first-order valence-corrected chi connectivity index (χ1v) is 4.63. The lowest BCUT2D eigenvalue weighted by atomic mass is 10.1. The molecule has 1 heterocycles.